The average molecular weight is 240 g/mol. The molecule has 88 valence electrons. The molecule has 1 unspecified atom stereocenters. The van der Waals surface area contributed by atoms with Crippen LogP contribution in [0.3, 0.4) is 0 Å². The van der Waals surface area contributed by atoms with Gasteiger partial charge in [-0.05, 0) is 12.5 Å². The molecule has 1 saturated heterocycles. The number of hydrogen-bond donors (Lipinski definition) is 0. The summed E-state index contributed by atoms with van der Waals surface area (Å²) in [4.78, 5) is 12.2. The standard InChI is InChI=1S/C11H16N2O2S/c1-2-5-13-9(3-4-12-13)11(14)10-8-16-7-6-15-10/h3-4,10H,2,5-8H2,1H3. The third-order valence-corrected chi connectivity index (χ3v) is 3.51. The van der Waals surface area contributed by atoms with Gasteiger partial charge in [-0.25, -0.2) is 0 Å². The molecule has 0 saturated carbocycles. The largest absolute Gasteiger partial charge is 0.368 e. The lowest BCUT2D eigenvalue weighted by Gasteiger charge is -2.21. The first kappa shape index (κ1) is 11.7. The molecule has 0 spiro atoms. The Morgan fingerprint density at radius 2 is 2.62 bits per heavy atom. The molecule has 1 aromatic rings. The molecule has 1 atom stereocenters. The van der Waals surface area contributed by atoms with Crippen LogP contribution in [0, 0.1) is 0 Å². The van der Waals surface area contributed by atoms with Crippen LogP contribution in [0.15, 0.2) is 12.3 Å². The van der Waals surface area contributed by atoms with Crippen LogP contribution in [0.1, 0.15) is 23.8 Å². The minimum atomic E-state index is -0.286. The molecule has 5 heteroatoms. The van der Waals surface area contributed by atoms with E-state index >= 15 is 0 Å². The Bertz CT molecular complexity index is 359. The first-order valence-corrected chi connectivity index (χ1v) is 6.73. The van der Waals surface area contributed by atoms with Gasteiger partial charge in [0.2, 0.25) is 5.78 Å². The van der Waals surface area contributed by atoms with E-state index in [0.29, 0.717) is 12.3 Å². The van der Waals surface area contributed by atoms with Gasteiger partial charge in [0.05, 0.1) is 6.61 Å². The number of carbonyl (C=O) groups excluding carboxylic acids is 1. The Hall–Kier alpha value is -0.810. The normalized spacial score (nSPS) is 20.9. The van der Waals surface area contributed by atoms with Gasteiger partial charge in [-0.1, -0.05) is 6.92 Å². The lowest BCUT2D eigenvalue weighted by molar-refractivity contribution is 0.0508. The molecule has 0 bridgehead atoms. The van der Waals surface area contributed by atoms with E-state index in [-0.39, 0.29) is 11.9 Å². The van der Waals surface area contributed by atoms with Crippen molar-refractivity contribution in [3.8, 4) is 0 Å². The summed E-state index contributed by atoms with van der Waals surface area (Å²) in [6, 6.07) is 1.78. The van der Waals surface area contributed by atoms with Crippen LogP contribution in [-0.4, -0.2) is 39.8 Å². The highest BCUT2D eigenvalue weighted by Gasteiger charge is 2.25. The van der Waals surface area contributed by atoms with Crippen LogP contribution in [0.5, 0.6) is 0 Å². The molecule has 0 aromatic carbocycles. The molecule has 2 heterocycles. The van der Waals surface area contributed by atoms with Crippen molar-refractivity contribution in [3.63, 3.8) is 0 Å². The third-order valence-electron chi connectivity index (χ3n) is 2.51. The Balaban J connectivity index is 2.09. The quantitative estimate of drug-likeness (QED) is 0.750. The number of hydrogen-bond acceptors (Lipinski definition) is 4. The van der Waals surface area contributed by atoms with E-state index in [4.69, 9.17) is 4.74 Å². The second-order valence-electron chi connectivity index (χ2n) is 3.74. The topological polar surface area (TPSA) is 44.1 Å². The van der Waals surface area contributed by atoms with E-state index in [9.17, 15) is 4.79 Å². The first-order valence-electron chi connectivity index (χ1n) is 5.58. The second kappa shape index (κ2) is 5.50. The number of aromatic nitrogens is 2. The average Bonchev–Trinajstić information content (AvgIpc) is 2.78. The molecule has 0 N–H and O–H groups in total. The molecular weight excluding hydrogens is 224 g/mol. The molecule has 2 rings (SSSR count). The van der Waals surface area contributed by atoms with Crippen LogP contribution < -0.4 is 0 Å². The van der Waals surface area contributed by atoms with Gasteiger partial charge < -0.3 is 4.74 Å². The van der Waals surface area contributed by atoms with Crippen molar-refractivity contribution < 1.29 is 9.53 Å². The minimum absolute atomic E-state index is 0.0677. The Morgan fingerprint density at radius 1 is 1.75 bits per heavy atom. The summed E-state index contributed by atoms with van der Waals surface area (Å²) >= 11 is 1.77. The lowest BCUT2D eigenvalue weighted by atomic mass is 10.2. The summed E-state index contributed by atoms with van der Waals surface area (Å²) in [6.45, 7) is 3.53. The van der Waals surface area contributed by atoms with Gasteiger partial charge in [-0.15, -0.1) is 0 Å². The number of Topliss-reactive ketones (excluding diaryl/α,β-unsaturated/α-hetero) is 1. The summed E-state index contributed by atoms with van der Waals surface area (Å²) in [5.41, 5.74) is 0.675. The fraction of sp³-hybridized carbons (Fsp3) is 0.636. The molecule has 0 aliphatic carbocycles. The highest BCUT2D eigenvalue weighted by atomic mass is 32.2. The SMILES string of the molecule is CCCn1nccc1C(=O)C1CSCCO1. The zero-order valence-corrected chi connectivity index (χ0v) is 10.2. The maximum Gasteiger partial charge on any atom is 0.210 e. The van der Waals surface area contributed by atoms with Crippen LogP contribution in [0.25, 0.3) is 0 Å². The maximum absolute atomic E-state index is 12.2. The molecule has 16 heavy (non-hydrogen) atoms. The Kier molecular flexibility index (Phi) is 4.01. The fourth-order valence-corrected chi connectivity index (χ4v) is 2.58. The Morgan fingerprint density at radius 3 is 3.31 bits per heavy atom. The monoisotopic (exact) mass is 240 g/mol. The zero-order valence-electron chi connectivity index (χ0n) is 9.39. The van der Waals surface area contributed by atoms with Crippen molar-refractivity contribution >= 4 is 17.5 Å². The van der Waals surface area contributed by atoms with Crippen molar-refractivity contribution in [3.05, 3.63) is 18.0 Å². The summed E-state index contributed by atoms with van der Waals surface area (Å²) < 4.78 is 7.25. The molecule has 1 fully saturated rings. The molecule has 0 radical (unpaired) electrons. The van der Waals surface area contributed by atoms with Crippen LogP contribution in [0.2, 0.25) is 0 Å². The highest BCUT2D eigenvalue weighted by molar-refractivity contribution is 7.99. The summed E-state index contributed by atoms with van der Waals surface area (Å²) in [5.74, 6) is 1.81. The highest BCUT2D eigenvalue weighted by Crippen LogP contribution is 2.16. The van der Waals surface area contributed by atoms with Gasteiger partial charge in [0, 0.05) is 24.2 Å². The van der Waals surface area contributed by atoms with E-state index in [1.807, 2.05) is 0 Å². The van der Waals surface area contributed by atoms with Crippen molar-refractivity contribution in [2.75, 3.05) is 18.1 Å². The van der Waals surface area contributed by atoms with Crippen molar-refractivity contribution in [1.29, 1.82) is 0 Å². The molecule has 1 aromatic heterocycles. The van der Waals surface area contributed by atoms with Gasteiger partial charge in [0.1, 0.15) is 11.8 Å². The van der Waals surface area contributed by atoms with Crippen molar-refractivity contribution in [2.24, 2.45) is 0 Å². The molecule has 0 amide bonds. The van der Waals surface area contributed by atoms with Crippen LogP contribution >= 0.6 is 11.8 Å². The summed E-state index contributed by atoms with van der Waals surface area (Å²) in [7, 11) is 0. The predicted octanol–water partition coefficient (Wildman–Crippen LogP) is 1.61. The number of carbonyl (C=O) groups is 1. The lowest BCUT2D eigenvalue weighted by Crippen LogP contribution is -2.33. The number of nitrogens with zero attached hydrogens (tertiary/aromatic N) is 2. The number of ketones is 1. The van der Waals surface area contributed by atoms with Gasteiger partial charge >= 0.3 is 0 Å². The second-order valence-corrected chi connectivity index (χ2v) is 4.89. The molecule has 1 aliphatic heterocycles. The molecule has 4 nitrogen and oxygen atoms in total. The van der Waals surface area contributed by atoms with Crippen molar-refractivity contribution in [2.45, 2.75) is 26.0 Å². The third kappa shape index (κ3) is 2.47. The zero-order chi connectivity index (χ0) is 11.4. The van der Waals surface area contributed by atoms with E-state index in [1.54, 1.807) is 28.7 Å². The van der Waals surface area contributed by atoms with Gasteiger partial charge in [0.15, 0.2) is 0 Å². The van der Waals surface area contributed by atoms with E-state index in [1.165, 1.54) is 0 Å². The minimum Gasteiger partial charge on any atom is -0.368 e. The maximum atomic E-state index is 12.2. The summed E-state index contributed by atoms with van der Waals surface area (Å²) in [5, 5.41) is 4.16. The number of rotatable bonds is 4. The fourth-order valence-electron chi connectivity index (χ4n) is 1.74. The van der Waals surface area contributed by atoms with E-state index < -0.39 is 0 Å². The Labute approximate surface area is 99.4 Å². The summed E-state index contributed by atoms with van der Waals surface area (Å²) in [6.07, 6.45) is 2.37. The van der Waals surface area contributed by atoms with Gasteiger partial charge in [0.25, 0.3) is 0 Å². The van der Waals surface area contributed by atoms with Gasteiger partial charge in [-0.2, -0.15) is 16.9 Å². The van der Waals surface area contributed by atoms with E-state index in [2.05, 4.69) is 12.0 Å². The van der Waals surface area contributed by atoms with Crippen LogP contribution in [0.4, 0.5) is 0 Å². The number of thioether (sulfide) groups is 1. The van der Waals surface area contributed by atoms with Crippen molar-refractivity contribution in [1.82, 2.24) is 9.78 Å². The van der Waals surface area contributed by atoms with Crippen LogP contribution in [-0.2, 0) is 11.3 Å². The smallest absolute Gasteiger partial charge is 0.210 e. The van der Waals surface area contributed by atoms with E-state index in [0.717, 1.165) is 24.5 Å². The van der Waals surface area contributed by atoms with Gasteiger partial charge in [-0.3, -0.25) is 9.48 Å². The predicted molar refractivity (Wildman–Crippen MR) is 63.9 cm³/mol. The number of aryl methyl sites for hydroxylation is 1. The first-order chi connectivity index (χ1) is 7.83. The molecular formula is C11H16N2O2S. The number of ether oxygens (including phenoxy) is 1. The molecule has 1 aliphatic rings.